The predicted octanol–water partition coefficient (Wildman–Crippen LogP) is 3.08. The monoisotopic (exact) mass is 478 g/mol. The Balaban J connectivity index is 1.70. The van der Waals surface area contributed by atoms with E-state index in [-0.39, 0.29) is 18.2 Å². The Morgan fingerprint density at radius 1 is 1.23 bits per heavy atom. The Morgan fingerprint density at radius 2 is 1.90 bits per heavy atom. The Bertz CT molecular complexity index is 1080. The number of rotatable bonds is 6. The molecule has 0 saturated heterocycles. The molecule has 12 heteroatoms. The molecule has 0 bridgehead atoms. The van der Waals surface area contributed by atoms with Gasteiger partial charge in [-0.1, -0.05) is 23.7 Å². The highest BCUT2D eigenvalue weighted by atomic mass is 35.5. The van der Waals surface area contributed by atoms with E-state index < -0.39 is 46.0 Å². The molecule has 0 unspecified atom stereocenters. The minimum atomic E-state index is -4.71. The fraction of sp³-hybridized carbons (Fsp3) is 0.316. The topological polar surface area (TPSA) is 84.9 Å². The van der Waals surface area contributed by atoms with Gasteiger partial charge in [-0.25, -0.2) is 8.42 Å². The number of nitrogens with one attached hydrogen (secondary N) is 1. The second kappa shape index (κ2) is 8.83. The lowest BCUT2D eigenvalue weighted by Gasteiger charge is -2.27. The van der Waals surface area contributed by atoms with Crippen LogP contribution in [0.1, 0.15) is 5.56 Å². The van der Waals surface area contributed by atoms with Crippen LogP contribution in [0.3, 0.4) is 0 Å². The number of ether oxygens (including phenoxy) is 2. The number of carbonyl (C=O) groups is 1. The van der Waals surface area contributed by atoms with Crippen molar-refractivity contribution in [2.75, 3.05) is 30.3 Å². The van der Waals surface area contributed by atoms with Gasteiger partial charge in [0.15, 0.2) is 11.5 Å². The molecule has 31 heavy (non-hydrogen) atoms. The molecule has 1 N–H and O–H groups in total. The highest BCUT2D eigenvalue weighted by Gasteiger charge is 2.33. The summed E-state index contributed by atoms with van der Waals surface area (Å²) in [7, 11) is -4.12. The molecule has 2 aromatic rings. The van der Waals surface area contributed by atoms with Crippen molar-refractivity contribution in [3.05, 3.63) is 53.1 Å². The van der Waals surface area contributed by atoms with E-state index in [2.05, 4.69) is 5.32 Å². The highest BCUT2D eigenvalue weighted by molar-refractivity contribution is 7.92. The molecule has 0 aliphatic carbocycles. The van der Waals surface area contributed by atoms with Crippen molar-refractivity contribution in [2.45, 2.75) is 12.3 Å². The van der Waals surface area contributed by atoms with E-state index in [1.165, 1.54) is 0 Å². The van der Waals surface area contributed by atoms with Gasteiger partial charge in [0.25, 0.3) is 0 Å². The van der Waals surface area contributed by atoms with Gasteiger partial charge in [-0.05, 0) is 30.3 Å². The molecule has 0 spiro atoms. The maximum atomic E-state index is 13.0. The number of para-hydroxylation sites is 2. The highest BCUT2D eigenvalue weighted by Crippen LogP contribution is 2.36. The number of fused-ring (bicyclic) bond motifs is 1. The van der Waals surface area contributed by atoms with Crippen LogP contribution < -0.4 is 19.1 Å². The molecule has 2 aromatic carbocycles. The van der Waals surface area contributed by atoms with Crippen molar-refractivity contribution in [1.82, 2.24) is 5.32 Å². The molecule has 0 radical (unpaired) electrons. The van der Waals surface area contributed by atoms with Gasteiger partial charge in [0.2, 0.25) is 15.9 Å². The Labute approximate surface area is 181 Å². The number of sulfonamides is 1. The quantitative estimate of drug-likeness (QED) is 0.689. The largest absolute Gasteiger partial charge is 0.486 e. The smallest absolute Gasteiger partial charge is 0.416 e. The molecule has 1 aliphatic heterocycles. The standard InChI is InChI=1S/C19H18ClF3N2O5S/c1-31(27,28)25(15-8-12(19(21,22)23)6-7-14(15)20)10-18(26)24-9-13-11-29-16-4-2-3-5-17(16)30-13/h2-8,13H,9-11H2,1H3,(H,24,26)/t13-/m0/s1. The summed E-state index contributed by atoms with van der Waals surface area (Å²) in [6.07, 6.45) is -4.46. The third kappa shape index (κ3) is 5.73. The van der Waals surface area contributed by atoms with E-state index in [9.17, 15) is 26.4 Å². The average molecular weight is 479 g/mol. The molecule has 0 saturated carbocycles. The first kappa shape index (κ1) is 23.0. The fourth-order valence-electron chi connectivity index (χ4n) is 2.84. The van der Waals surface area contributed by atoms with Gasteiger partial charge >= 0.3 is 6.18 Å². The van der Waals surface area contributed by atoms with Crippen LogP contribution >= 0.6 is 11.6 Å². The van der Waals surface area contributed by atoms with E-state index in [0.717, 1.165) is 18.4 Å². The van der Waals surface area contributed by atoms with Gasteiger partial charge in [0.1, 0.15) is 19.3 Å². The summed E-state index contributed by atoms with van der Waals surface area (Å²) in [5.41, 5.74) is -1.53. The molecule has 0 fully saturated rings. The lowest BCUT2D eigenvalue weighted by atomic mass is 10.2. The number of anilines is 1. The van der Waals surface area contributed by atoms with Crippen LogP contribution in [0.15, 0.2) is 42.5 Å². The molecule has 1 aliphatic rings. The molecular weight excluding hydrogens is 461 g/mol. The molecule has 0 aromatic heterocycles. The number of benzene rings is 2. The zero-order chi connectivity index (χ0) is 22.8. The molecular formula is C19H18ClF3N2O5S. The number of hydrogen-bond donors (Lipinski definition) is 1. The molecule has 1 heterocycles. The lowest BCUT2D eigenvalue weighted by Crippen LogP contribution is -2.45. The molecule has 168 valence electrons. The third-order valence-corrected chi connectivity index (χ3v) is 5.77. The van der Waals surface area contributed by atoms with Gasteiger partial charge in [0, 0.05) is 0 Å². The van der Waals surface area contributed by atoms with E-state index in [1.807, 2.05) is 0 Å². The van der Waals surface area contributed by atoms with Crippen molar-refractivity contribution < 1.29 is 35.9 Å². The molecule has 3 rings (SSSR count). The van der Waals surface area contributed by atoms with Crippen LogP contribution in [-0.2, 0) is 21.0 Å². The first-order valence-electron chi connectivity index (χ1n) is 8.95. The van der Waals surface area contributed by atoms with Crippen LogP contribution in [0, 0.1) is 0 Å². The maximum Gasteiger partial charge on any atom is 0.416 e. The number of amides is 1. The number of alkyl halides is 3. The normalized spacial score (nSPS) is 16.0. The minimum absolute atomic E-state index is 0.00108. The van der Waals surface area contributed by atoms with Crippen molar-refractivity contribution in [3.63, 3.8) is 0 Å². The second-order valence-electron chi connectivity index (χ2n) is 6.74. The van der Waals surface area contributed by atoms with Gasteiger partial charge in [-0.15, -0.1) is 0 Å². The third-order valence-electron chi connectivity index (χ3n) is 4.32. The average Bonchev–Trinajstić information content (AvgIpc) is 2.69. The Kier molecular flexibility index (Phi) is 6.56. The van der Waals surface area contributed by atoms with E-state index in [4.69, 9.17) is 21.1 Å². The van der Waals surface area contributed by atoms with Gasteiger partial charge < -0.3 is 14.8 Å². The van der Waals surface area contributed by atoms with Gasteiger partial charge in [-0.3, -0.25) is 9.10 Å². The van der Waals surface area contributed by atoms with Crippen molar-refractivity contribution in [1.29, 1.82) is 0 Å². The Hall–Kier alpha value is -2.66. The summed E-state index contributed by atoms with van der Waals surface area (Å²) in [5.74, 6) is 0.315. The van der Waals surface area contributed by atoms with Crippen molar-refractivity contribution in [3.8, 4) is 11.5 Å². The van der Waals surface area contributed by atoms with Crippen LogP contribution in [-0.4, -0.2) is 46.4 Å². The lowest BCUT2D eigenvalue weighted by molar-refractivity contribution is -0.137. The van der Waals surface area contributed by atoms with E-state index >= 15 is 0 Å². The summed E-state index contributed by atoms with van der Waals surface area (Å²) in [4.78, 5) is 12.4. The van der Waals surface area contributed by atoms with Crippen LogP contribution in [0.2, 0.25) is 5.02 Å². The SMILES string of the molecule is CS(=O)(=O)N(CC(=O)NC[C@H]1COc2ccccc2O1)c1cc(C(F)(F)F)ccc1Cl. The van der Waals surface area contributed by atoms with Gasteiger partial charge in [-0.2, -0.15) is 13.2 Å². The van der Waals surface area contributed by atoms with Crippen molar-refractivity contribution >= 4 is 33.2 Å². The van der Waals surface area contributed by atoms with E-state index in [1.54, 1.807) is 24.3 Å². The summed E-state index contributed by atoms with van der Waals surface area (Å²) in [6, 6.07) is 9.21. The minimum Gasteiger partial charge on any atom is -0.486 e. The number of carbonyl (C=O) groups excluding carboxylic acids is 1. The summed E-state index contributed by atoms with van der Waals surface area (Å²) < 4.78 is 75.2. The number of hydrogen-bond acceptors (Lipinski definition) is 5. The van der Waals surface area contributed by atoms with Crippen LogP contribution in [0.5, 0.6) is 11.5 Å². The molecule has 1 amide bonds. The maximum absolute atomic E-state index is 13.0. The Morgan fingerprint density at radius 3 is 2.55 bits per heavy atom. The first-order valence-corrected chi connectivity index (χ1v) is 11.2. The van der Waals surface area contributed by atoms with Gasteiger partial charge in [0.05, 0.1) is 29.1 Å². The van der Waals surface area contributed by atoms with Crippen LogP contribution in [0.25, 0.3) is 0 Å². The van der Waals surface area contributed by atoms with E-state index in [0.29, 0.717) is 21.9 Å². The summed E-state index contributed by atoms with van der Waals surface area (Å²) in [6.45, 7) is -0.600. The summed E-state index contributed by atoms with van der Waals surface area (Å²) >= 11 is 5.94. The number of halogens is 4. The zero-order valence-electron chi connectivity index (χ0n) is 16.1. The molecule has 7 nitrogen and oxygen atoms in total. The molecule has 1 atom stereocenters. The number of nitrogens with zero attached hydrogens (tertiary/aromatic N) is 1. The second-order valence-corrected chi connectivity index (χ2v) is 9.05. The fourth-order valence-corrected chi connectivity index (χ4v) is 3.97. The van der Waals surface area contributed by atoms with Crippen LogP contribution in [0.4, 0.5) is 18.9 Å². The summed E-state index contributed by atoms with van der Waals surface area (Å²) in [5, 5.41) is 2.26. The zero-order valence-corrected chi connectivity index (χ0v) is 17.7. The first-order chi connectivity index (χ1) is 14.4. The predicted molar refractivity (Wildman–Crippen MR) is 108 cm³/mol. The van der Waals surface area contributed by atoms with Crippen molar-refractivity contribution in [2.24, 2.45) is 0 Å².